The van der Waals surface area contributed by atoms with Crippen molar-refractivity contribution in [1.82, 2.24) is 0 Å². The van der Waals surface area contributed by atoms with E-state index in [4.69, 9.17) is 40.5 Å². The van der Waals surface area contributed by atoms with Crippen molar-refractivity contribution >= 4 is 22.3 Å². The average molecular weight is 381 g/mol. The first-order valence-electron chi connectivity index (χ1n) is 8.45. The van der Waals surface area contributed by atoms with E-state index in [0.717, 1.165) is 25.7 Å². The molecule has 0 heterocycles. The smallest absolute Gasteiger partial charge is 0.370 e. The predicted molar refractivity (Wildman–Crippen MR) is 99.5 cm³/mol. The SMILES string of the molecule is NC(N)=NC1CCCCC1.NC(N)=NC1CCCCC1.O=S(=O)(O)O. The Bertz CT molecular complexity index is 463. The topological polar surface area (TPSA) is 203 Å². The maximum Gasteiger partial charge on any atom is 0.394 e. The quantitative estimate of drug-likeness (QED) is 0.226. The highest BCUT2D eigenvalue weighted by molar-refractivity contribution is 7.79. The molecule has 10 N–H and O–H groups in total. The van der Waals surface area contributed by atoms with Gasteiger partial charge in [-0.2, -0.15) is 8.42 Å². The third-order valence-corrected chi connectivity index (χ3v) is 3.81. The van der Waals surface area contributed by atoms with E-state index in [0.29, 0.717) is 12.1 Å². The van der Waals surface area contributed by atoms with Crippen molar-refractivity contribution in [2.45, 2.75) is 76.3 Å². The molecule has 10 nitrogen and oxygen atoms in total. The first-order chi connectivity index (χ1) is 11.6. The molecule has 2 rings (SSSR count). The summed E-state index contributed by atoms with van der Waals surface area (Å²) in [5.41, 5.74) is 21.0. The zero-order chi connectivity index (χ0) is 19.3. The maximum absolute atomic E-state index is 8.74. The average Bonchev–Trinajstić information content (AvgIpc) is 2.47. The predicted octanol–water partition coefficient (Wildman–Crippen LogP) is 0.532. The second-order valence-electron chi connectivity index (χ2n) is 6.14. The van der Waals surface area contributed by atoms with Crippen LogP contribution in [0.3, 0.4) is 0 Å². The summed E-state index contributed by atoms with van der Waals surface area (Å²) < 4.78 is 31.6. The van der Waals surface area contributed by atoms with Crippen molar-refractivity contribution in [3.05, 3.63) is 0 Å². The van der Waals surface area contributed by atoms with Crippen LogP contribution in [-0.2, 0) is 10.4 Å². The van der Waals surface area contributed by atoms with Gasteiger partial charge in [0.1, 0.15) is 0 Å². The van der Waals surface area contributed by atoms with E-state index in [-0.39, 0.29) is 11.9 Å². The second kappa shape index (κ2) is 12.7. The van der Waals surface area contributed by atoms with Crippen molar-refractivity contribution in [2.75, 3.05) is 0 Å². The van der Waals surface area contributed by atoms with Gasteiger partial charge in [-0.1, -0.05) is 38.5 Å². The van der Waals surface area contributed by atoms with E-state index in [2.05, 4.69) is 9.98 Å². The third kappa shape index (κ3) is 18.6. The first kappa shape index (κ1) is 23.4. The monoisotopic (exact) mass is 380 g/mol. The Kier molecular flexibility index (Phi) is 11.9. The van der Waals surface area contributed by atoms with Crippen LogP contribution in [-0.4, -0.2) is 41.5 Å². The van der Waals surface area contributed by atoms with Crippen LogP contribution in [0.1, 0.15) is 64.2 Å². The zero-order valence-electron chi connectivity index (χ0n) is 14.5. The molecule has 0 aromatic carbocycles. The van der Waals surface area contributed by atoms with Crippen LogP contribution in [0.4, 0.5) is 0 Å². The van der Waals surface area contributed by atoms with Gasteiger partial charge in [0, 0.05) is 0 Å². The summed E-state index contributed by atoms with van der Waals surface area (Å²) in [5, 5.41) is 0. The normalized spacial score (nSPS) is 18.6. The van der Waals surface area contributed by atoms with Gasteiger partial charge in [0.15, 0.2) is 11.9 Å². The molecule has 0 unspecified atom stereocenters. The molecule has 2 fully saturated rings. The maximum atomic E-state index is 8.74. The molecule has 0 saturated heterocycles. The standard InChI is InChI=1S/2C7H15N3.H2O4S/c2*8-7(9)10-6-4-2-1-3-5-6;1-5(2,3)4/h2*6H,1-5H2,(H4,8,9,10);(H2,1,2,3,4). The molecule has 0 bridgehead atoms. The number of guanidine groups is 2. The summed E-state index contributed by atoms with van der Waals surface area (Å²) in [6, 6.07) is 0.831. The fourth-order valence-corrected chi connectivity index (χ4v) is 2.84. The van der Waals surface area contributed by atoms with Crippen molar-refractivity contribution in [3.8, 4) is 0 Å². The van der Waals surface area contributed by atoms with Crippen molar-refractivity contribution < 1.29 is 17.5 Å². The molecule has 11 heteroatoms. The number of nitrogens with two attached hydrogens (primary N) is 4. The van der Waals surface area contributed by atoms with Crippen LogP contribution < -0.4 is 22.9 Å². The number of nitrogens with zero attached hydrogens (tertiary/aromatic N) is 2. The fourth-order valence-electron chi connectivity index (χ4n) is 2.84. The summed E-state index contributed by atoms with van der Waals surface area (Å²) in [6.07, 6.45) is 12.5. The van der Waals surface area contributed by atoms with Gasteiger partial charge in [0.2, 0.25) is 0 Å². The lowest BCUT2D eigenvalue weighted by Gasteiger charge is -2.17. The van der Waals surface area contributed by atoms with Crippen molar-refractivity contribution in [2.24, 2.45) is 32.9 Å². The number of hydrogen-bond donors (Lipinski definition) is 6. The van der Waals surface area contributed by atoms with E-state index < -0.39 is 10.4 Å². The Morgan fingerprint density at radius 3 is 1.12 bits per heavy atom. The van der Waals surface area contributed by atoms with Crippen LogP contribution in [0.25, 0.3) is 0 Å². The van der Waals surface area contributed by atoms with E-state index in [1.54, 1.807) is 0 Å². The van der Waals surface area contributed by atoms with Crippen LogP contribution in [0.5, 0.6) is 0 Å². The summed E-state index contributed by atoms with van der Waals surface area (Å²) >= 11 is 0. The Labute approximate surface area is 149 Å². The molecule has 0 amide bonds. The summed E-state index contributed by atoms with van der Waals surface area (Å²) in [5.74, 6) is 0.485. The highest BCUT2D eigenvalue weighted by Crippen LogP contribution is 2.20. The van der Waals surface area contributed by atoms with Gasteiger partial charge in [-0.05, 0) is 25.7 Å². The second-order valence-corrected chi connectivity index (χ2v) is 7.04. The molecular weight excluding hydrogens is 348 g/mol. The Morgan fingerprint density at radius 2 is 0.920 bits per heavy atom. The minimum Gasteiger partial charge on any atom is -0.370 e. The molecule has 148 valence electrons. The van der Waals surface area contributed by atoms with Gasteiger partial charge in [-0.25, -0.2) is 0 Å². The molecule has 0 radical (unpaired) electrons. The highest BCUT2D eigenvalue weighted by atomic mass is 32.3. The Morgan fingerprint density at radius 1 is 0.680 bits per heavy atom. The minimum atomic E-state index is -4.67. The molecule has 2 saturated carbocycles. The lowest BCUT2D eigenvalue weighted by atomic mass is 9.96. The van der Waals surface area contributed by atoms with Crippen molar-refractivity contribution in [3.63, 3.8) is 0 Å². The molecule has 0 aliphatic heterocycles. The van der Waals surface area contributed by atoms with Crippen LogP contribution >= 0.6 is 0 Å². The third-order valence-electron chi connectivity index (χ3n) is 3.81. The fraction of sp³-hybridized carbons (Fsp3) is 0.857. The van der Waals surface area contributed by atoms with E-state index >= 15 is 0 Å². The lowest BCUT2D eigenvalue weighted by Crippen LogP contribution is -2.26. The molecule has 0 spiro atoms. The molecule has 25 heavy (non-hydrogen) atoms. The van der Waals surface area contributed by atoms with Crippen LogP contribution in [0.15, 0.2) is 9.98 Å². The number of rotatable bonds is 2. The number of aliphatic imine (C=N–C) groups is 2. The summed E-state index contributed by atoms with van der Waals surface area (Å²) in [6.45, 7) is 0. The largest absolute Gasteiger partial charge is 0.394 e. The molecule has 0 aromatic heterocycles. The molecule has 0 aromatic rings. The van der Waals surface area contributed by atoms with E-state index in [9.17, 15) is 0 Å². The van der Waals surface area contributed by atoms with Gasteiger partial charge in [-0.3, -0.25) is 19.1 Å². The number of hydrogen-bond acceptors (Lipinski definition) is 4. The molecule has 2 aliphatic carbocycles. The van der Waals surface area contributed by atoms with E-state index in [1.165, 1.54) is 38.5 Å². The minimum absolute atomic E-state index is 0.243. The Balaban J connectivity index is 0.000000368. The zero-order valence-corrected chi connectivity index (χ0v) is 15.4. The lowest BCUT2D eigenvalue weighted by molar-refractivity contribution is 0.381. The molecular formula is C14H32N6O4S. The van der Waals surface area contributed by atoms with Crippen molar-refractivity contribution in [1.29, 1.82) is 0 Å². The molecule has 2 aliphatic rings. The van der Waals surface area contributed by atoms with E-state index in [1.807, 2.05) is 0 Å². The van der Waals surface area contributed by atoms with Gasteiger partial charge >= 0.3 is 10.4 Å². The highest BCUT2D eigenvalue weighted by Gasteiger charge is 2.11. The van der Waals surface area contributed by atoms with Gasteiger partial charge < -0.3 is 22.9 Å². The van der Waals surface area contributed by atoms with Crippen LogP contribution in [0.2, 0.25) is 0 Å². The van der Waals surface area contributed by atoms with Gasteiger partial charge in [0.25, 0.3) is 0 Å². The van der Waals surface area contributed by atoms with Crippen LogP contribution in [0, 0.1) is 0 Å². The first-order valence-corrected chi connectivity index (χ1v) is 9.85. The molecule has 0 atom stereocenters. The van der Waals surface area contributed by atoms with Gasteiger partial charge in [-0.15, -0.1) is 0 Å². The Hall–Kier alpha value is -1.59. The summed E-state index contributed by atoms with van der Waals surface area (Å²) in [7, 11) is -4.67. The summed E-state index contributed by atoms with van der Waals surface area (Å²) in [4.78, 5) is 8.22. The van der Waals surface area contributed by atoms with Gasteiger partial charge in [0.05, 0.1) is 12.1 Å².